The lowest BCUT2D eigenvalue weighted by Gasteiger charge is -2.38. The number of ether oxygens (including phenoxy) is 5. The molecule has 0 spiro atoms. The van der Waals surface area contributed by atoms with Crippen molar-refractivity contribution >= 4 is 41.7 Å². The molecule has 1 aromatic carbocycles. The Morgan fingerprint density at radius 1 is 0.979 bits per heavy atom. The maximum absolute atomic E-state index is 14.1. The fourth-order valence-electron chi connectivity index (χ4n) is 5.66. The van der Waals surface area contributed by atoms with Crippen LogP contribution in [-0.4, -0.2) is 71.7 Å². The molecule has 2 aliphatic rings. The summed E-state index contributed by atoms with van der Waals surface area (Å²) in [4.78, 5) is 65.6. The molecule has 3 rings (SSSR count). The van der Waals surface area contributed by atoms with Crippen LogP contribution >= 0.6 is 11.8 Å². The van der Waals surface area contributed by atoms with Gasteiger partial charge in [0.1, 0.15) is 11.4 Å². The van der Waals surface area contributed by atoms with E-state index in [2.05, 4.69) is 5.32 Å². The van der Waals surface area contributed by atoms with Gasteiger partial charge in [0.25, 0.3) is 0 Å². The van der Waals surface area contributed by atoms with E-state index in [0.29, 0.717) is 23.3 Å². The molecule has 0 radical (unpaired) electrons. The number of hydrogen-bond donors (Lipinski definition) is 2. The highest BCUT2D eigenvalue weighted by molar-refractivity contribution is 7.99. The Balaban J connectivity index is 1.95. The van der Waals surface area contributed by atoms with Gasteiger partial charge in [0, 0.05) is 28.4 Å². The molecular weight excluding hydrogens is 637 g/mol. The van der Waals surface area contributed by atoms with Crippen LogP contribution in [0.1, 0.15) is 66.9 Å². The second-order valence-electron chi connectivity index (χ2n) is 13.1. The van der Waals surface area contributed by atoms with E-state index in [9.17, 15) is 33.5 Å². The second kappa shape index (κ2) is 15.7. The predicted molar refractivity (Wildman–Crippen MR) is 167 cm³/mol. The molecular formula is C33H46FNO11S. The number of esters is 4. The lowest BCUT2D eigenvalue weighted by atomic mass is 9.80. The number of aliphatic hydroxyl groups excluding tert-OH is 1. The predicted octanol–water partition coefficient (Wildman–Crippen LogP) is 4.52. The smallest absolute Gasteiger partial charge is 0.408 e. The van der Waals surface area contributed by atoms with E-state index in [1.165, 1.54) is 17.8 Å². The van der Waals surface area contributed by atoms with Crippen LogP contribution in [0.5, 0.6) is 0 Å². The molecule has 0 bridgehead atoms. The fraction of sp³-hybridized carbons (Fsp3) is 0.667. The van der Waals surface area contributed by atoms with Gasteiger partial charge in [-0.25, -0.2) is 14.0 Å². The molecule has 2 fully saturated rings. The number of amides is 1. The molecule has 1 aromatic rings. The molecule has 0 saturated heterocycles. The van der Waals surface area contributed by atoms with Crippen molar-refractivity contribution in [1.82, 2.24) is 5.32 Å². The van der Waals surface area contributed by atoms with E-state index in [4.69, 9.17) is 23.7 Å². The second-order valence-corrected chi connectivity index (χ2v) is 14.2. The molecule has 1 amide bonds. The van der Waals surface area contributed by atoms with E-state index in [-0.39, 0.29) is 5.75 Å². The Hall–Kier alpha value is -3.39. The summed E-state index contributed by atoms with van der Waals surface area (Å²) in [6.45, 7) is 11.9. The van der Waals surface area contributed by atoms with Crippen molar-refractivity contribution in [2.75, 3.05) is 19.3 Å². The van der Waals surface area contributed by atoms with E-state index >= 15 is 0 Å². The number of halogens is 1. The summed E-state index contributed by atoms with van der Waals surface area (Å²) in [6.07, 6.45) is -1.31. The van der Waals surface area contributed by atoms with E-state index < -0.39 is 102 Å². The van der Waals surface area contributed by atoms with E-state index in [1.54, 1.807) is 67.5 Å². The molecule has 14 heteroatoms. The Morgan fingerprint density at radius 2 is 1.55 bits per heavy atom. The maximum Gasteiger partial charge on any atom is 0.408 e. The number of aliphatic hydroxyl groups is 1. The molecule has 2 saturated carbocycles. The van der Waals surface area contributed by atoms with Crippen LogP contribution in [0.4, 0.5) is 9.18 Å². The van der Waals surface area contributed by atoms with Crippen molar-refractivity contribution in [3.63, 3.8) is 0 Å². The maximum atomic E-state index is 14.1. The van der Waals surface area contributed by atoms with Gasteiger partial charge >= 0.3 is 30.0 Å². The van der Waals surface area contributed by atoms with Crippen molar-refractivity contribution in [1.29, 1.82) is 0 Å². The van der Waals surface area contributed by atoms with Gasteiger partial charge < -0.3 is 34.1 Å². The first-order chi connectivity index (χ1) is 22.0. The molecule has 47 heavy (non-hydrogen) atoms. The Kier molecular flexibility index (Phi) is 12.7. The van der Waals surface area contributed by atoms with Crippen molar-refractivity contribution in [2.24, 2.45) is 35.5 Å². The van der Waals surface area contributed by atoms with Crippen LogP contribution in [0.25, 0.3) is 0 Å². The third-order valence-electron chi connectivity index (χ3n) is 8.69. The van der Waals surface area contributed by atoms with Gasteiger partial charge in [0.15, 0.2) is 5.54 Å². The van der Waals surface area contributed by atoms with Crippen LogP contribution in [0.15, 0.2) is 23.1 Å². The Morgan fingerprint density at radius 3 is 2.09 bits per heavy atom. The monoisotopic (exact) mass is 683 g/mol. The number of nitrogens with one attached hydrogen (secondary N) is 1. The zero-order valence-corrected chi connectivity index (χ0v) is 28.9. The molecule has 2 aliphatic carbocycles. The van der Waals surface area contributed by atoms with Crippen molar-refractivity contribution in [2.45, 2.75) is 90.4 Å². The van der Waals surface area contributed by atoms with Crippen LogP contribution in [0, 0.1) is 48.2 Å². The van der Waals surface area contributed by atoms with Crippen LogP contribution < -0.4 is 5.32 Å². The number of rotatable bonds is 14. The quantitative estimate of drug-likeness (QED) is 0.122. The van der Waals surface area contributed by atoms with Crippen LogP contribution in [0.3, 0.4) is 0 Å². The highest BCUT2D eigenvalue weighted by Crippen LogP contribution is 2.66. The fourth-order valence-corrected chi connectivity index (χ4v) is 6.92. The number of fused-ring (bicyclic) bond motifs is 1. The third-order valence-corrected chi connectivity index (χ3v) is 9.81. The summed E-state index contributed by atoms with van der Waals surface area (Å²) < 4.78 is 40.2. The number of hydrogen-bond acceptors (Lipinski definition) is 12. The Labute approximate surface area is 278 Å². The first-order valence-corrected chi connectivity index (χ1v) is 16.7. The van der Waals surface area contributed by atoms with Gasteiger partial charge in [0.05, 0.1) is 23.9 Å². The molecule has 262 valence electrons. The molecule has 0 unspecified atom stereocenters. The SMILES string of the molecule is CC[C@H](C)C(=O)OCOC(=O)[C@H]1[C@@H]2[C@H](O)[C@@H](CSc3ccc(F)c(C)c3)[C@@](NC(=O)OC(C)(C)C)(C(=O)OCOC(=O)[C@@H](C)CC)[C@H]12. The minimum absolute atomic E-state index is 0.0328. The number of alkyl carbamates (subject to hydrolysis) is 1. The van der Waals surface area contributed by atoms with Crippen molar-refractivity contribution in [3.05, 3.63) is 29.6 Å². The van der Waals surface area contributed by atoms with Gasteiger partial charge in [-0.1, -0.05) is 27.7 Å². The van der Waals surface area contributed by atoms with Crippen LogP contribution in [0.2, 0.25) is 0 Å². The highest BCUT2D eigenvalue weighted by Gasteiger charge is 2.80. The lowest BCUT2D eigenvalue weighted by molar-refractivity contribution is -0.177. The average molecular weight is 684 g/mol. The third kappa shape index (κ3) is 8.95. The van der Waals surface area contributed by atoms with Crippen molar-refractivity contribution in [3.8, 4) is 0 Å². The van der Waals surface area contributed by atoms with E-state index in [1.807, 2.05) is 0 Å². The first-order valence-electron chi connectivity index (χ1n) is 15.7. The average Bonchev–Trinajstić information content (AvgIpc) is 3.71. The first kappa shape index (κ1) is 38.1. The highest BCUT2D eigenvalue weighted by atomic mass is 32.2. The summed E-state index contributed by atoms with van der Waals surface area (Å²) in [6, 6.07) is 4.45. The summed E-state index contributed by atoms with van der Waals surface area (Å²) >= 11 is 1.21. The Bertz CT molecular complexity index is 1330. The van der Waals surface area contributed by atoms with Gasteiger partial charge in [-0.15, -0.1) is 11.8 Å². The molecule has 0 aliphatic heterocycles. The summed E-state index contributed by atoms with van der Waals surface area (Å²) in [7, 11) is 0. The van der Waals surface area contributed by atoms with Gasteiger partial charge in [-0.05, 0) is 64.3 Å². The number of carbonyl (C=O) groups excluding carboxylic acids is 5. The molecule has 12 nitrogen and oxygen atoms in total. The molecule has 8 atom stereocenters. The number of benzene rings is 1. The normalized spacial score (nSPS) is 25.9. The van der Waals surface area contributed by atoms with Crippen LogP contribution in [-0.2, 0) is 42.9 Å². The summed E-state index contributed by atoms with van der Waals surface area (Å²) in [5.41, 5.74) is -2.62. The minimum Gasteiger partial charge on any atom is -0.444 e. The van der Waals surface area contributed by atoms with Crippen molar-refractivity contribution < 1.29 is 57.2 Å². The van der Waals surface area contributed by atoms with E-state index in [0.717, 1.165) is 0 Å². The zero-order valence-electron chi connectivity index (χ0n) is 28.1. The zero-order chi connectivity index (χ0) is 35.3. The largest absolute Gasteiger partial charge is 0.444 e. The molecule has 0 aromatic heterocycles. The summed E-state index contributed by atoms with van der Waals surface area (Å²) in [5.74, 6) is -8.26. The molecule has 2 N–H and O–H groups in total. The minimum atomic E-state index is -2.03. The van der Waals surface area contributed by atoms with Gasteiger partial charge in [-0.3, -0.25) is 14.4 Å². The standard InChI is InChI=1S/C33H46FNO11S/c1-9-17(3)27(37)42-15-44-29(39)24-23-25(24)33(35-31(41)46-32(6,7)8,30(40)45-16-43-28(38)18(4)10-2)21(26(23)36)14-47-20-11-12-22(34)19(5)13-20/h11-13,17-18,21,23-26,36H,9-10,14-16H2,1-8H3,(H,35,41)/t17-,18-,21+,23-,24-,25-,26+,33-/m0/s1. The lowest BCUT2D eigenvalue weighted by Crippen LogP contribution is -2.63. The number of thioether (sulfide) groups is 1. The topological polar surface area (TPSA) is 164 Å². The number of aryl methyl sites for hydroxylation is 1. The molecule has 0 heterocycles. The summed E-state index contributed by atoms with van der Waals surface area (Å²) in [5, 5.41) is 14.2. The van der Waals surface area contributed by atoms with Gasteiger partial charge in [-0.2, -0.15) is 0 Å². The number of carbonyl (C=O) groups is 5. The van der Waals surface area contributed by atoms with Gasteiger partial charge in [0.2, 0.25) is 13.6 Å².